The van der Waals surface area contributed by atoms with Crippen molar-refractivity contribution < 1.29 is 22.7 Å². The van der Waals surface area contributed by atoms with E-state index in [1.54, 1.807) is 18.3 Å². The number of rotatable bonds is 4. The predicted molar refractivity (Wildman–Crippen MR) is 96.4 cm³/mol. The first-order valence-corrected chi connectivity index (χ1v) is 8.37. The fraction of sp³-hybridized carbons (Fsp3) is 0.263. The van der Waals surface area contributed by atoms with Crippen LogP contribution in [-0.4, -0.2) is 37.2 Å². The number of hydrogen-bond donors (Lipinski definition) is 1. The van der Waals surface area contributed by atoms with Gasteiger partial charge in [0.25, 0.3) is 0 Å². The van der Waals surface area contributed by atoms with Gasteiger partial charge < -0.3 is 15.0 Å². The number of hydrogen-bond acceptors (Lipinski definition) is 4. The Balaban J connectivity index is 1.70. The third kappa shape index (κ3) is 5.07. The van der Waals surface area contributed by atoms with E-state index >= 15 is 0 Å². The van der Waals surface area contributed by atoms with Gasteiger partial charge in [0, 0.05) is 25.4 Å². The van der Waals surface area contributed by atoms with E-state index in [0.717, 1.165) is 12.1 Å². The van der Waals surface area contributed by atoms with E-state index in [1.807, 2.05) is 4.90 Å². The summed E-state index contributed by atoms with van der Waals surface area (Å²) in [4.78, 5) is 18.5. The van der Waals surface area contributed by atoms with Crippen LogP contribution in [0.25, 0.3) is 6.08 Å². The molecule has 27 heavy (non-hydrogen) atoms. The minimum absolute atomic E-state index is 0.291. The summed E-state index contributed by atoms with van der Waals surface area (Å²) in [5.74, 6) is 0.191. The van der Waals surface area contributed by atoms with Crippen LogP contribution in [0.2, 0.25) is 0 Å². The van der Waals surface area contributed by atoms with Gasteiger partial charge in [0.2, 0.25) is 5.91 Å². The fourth-order valence-corrected chi connectivity index (χ4v) is 2.69. The molecule has 1 aliphatic heterocycles. The predicted octanol–water partition coefficient (Wildman–Crippen LogP) is 3.59. The molecule has 1 aromatic carbocycles. The number of carbonyl (C=O) groups is 1. The number of nitrogens with zero attached hydrogens (tertiary/aromatic N) is 2. The van der Waals surface area contributed by atoms with Crippen LogP contribution in [0.1, 0.15) is 11.1 Å². The van der Waals surface area contributed by atoms with Crippen LogP contribution in [0.15, 0.2) is 48.7 Å². The highest BCUT2D eigenvalue weighted by molar-refractivity contribution is 6.03. The van der Waals surface area contributed by atoms with Crippen LogP contribution in [-0.2, 0) is 15.7 Å². The molecule has 142 valence electrons. The van der Waals surface area contributed by atoms with Gasteiger partial charge in [-0.2, -0.15) is 13.2 Å². The molecule has 0 atom stereocenters. The summed E-state index contributed by atoms with van der Waals surface area (Å²) in [5.41, 5.74) is 0.0737. The van der Waals surface area contributed by atoms with Gasteiger partial charge >= 0.3 is 6.18 Å². The second kappa shape index (κ2) is 8.22. The van der Waals surface area contributed by atoms with Crippen LogP contribution < -0.4 is 10.2 Å². The van der Waals surface area contributed by atoms with Crippen LogP contribution in [0, 0.1) is 0 Å². The smallest absolute Gasteiger partial charge is 0.378 e. The Kier molecular flexibility index (Phi) is 5.75. The van der Waals surface area contributed by atoms with Gasteiger partial charge in [-0.3, -0.25) is 4.79 Å². The standard InChI is InChI=1S/C19H18F3N3O2/c20-19(21,22)15-4-1-3-14(13-15)6-7-17(26)24-16-5-2-8-23-18(16)25-9-11-27-12-10-25/h1-8,13H,9-12H2,(H,24,26). The first-order valence-electron chi connectivity index (χ1n) is 8.37. The highest BCUT2D eigenvalue weighted by atomic mass is 19.4. The molecule has 1 N–H and O–H groups in total. The summed E-state index contributed by atoms with van der Waals surface area (Å²) >= 11 is 0. The zero-order valence-corrected chi connectivity index (χ0v) is 14.4. The molecule has 0 spiro atoms. The van der Waals surface area contributed by atoms with Crippen molar-refractivity contribution in [3.63, 3.8) is 0 Å². The van der Waals surface area contributed by atoms with Crippen LogP contribution in [0.3, 0.4) is 0 Å². The summed E-state index contributed by atoms with van der Waals surface area (Å²) in [5, 5.41) is 2.73. The maximum atomic E-state index is 12.8. The molecule has 0 saturated carbocycles. The van der Waals surface area contributed by atoms with E-state index in [-0.39, 0.29) is 0 Å². The van der Waals surface area contributed by atoms with Gasteiger partial charge in [0.15, 0.2) is 5.82 Å². The van der Waals surface area contributed by atoms with Crippen molar-refractivity contribution in [3.8, 4) is 0 Å². The number of alkyl halides is 3. The molecule has 2 aromatic rings. The lowest BCUT2D eigenvalue weighted by Crippen LogP contribution is -2.37. The number of benzene rings is 1. The lowest BCUT2D eigenvalue weighted by molar-refractivity contribution is -0.137. The molecular formula is C19H18F3N3O2. The molecule has 0 bridgehead atoms. The third-order valence-electron chi connectivity index (χ3n) is 4.00. The van der Waals surface area contributed by atoms with Crippen molar-refractivity contribution in [1.29, 1.82) is 0 Å². The summed E-state index contributed by atoms with van der Waals surface area (Å²) in [6.45, 7) is 2.50. The molecule has 1 aliphatic rings. The van der Waals surface area contributed by atoms with E-state index in [0.29, 0.717) is 43.4 Å². The summed E-state index contributed by atoms with van der Waals surface area (Å²) in [6, 6.07) is 8.22. The Hall–Kier alpha value is -2.87. The van der Waals surface area contributed by atoms with Crippen molar-refractivity contribution in [2.24, 2.45) is 0 Å². The normalized spacial score (nSPS) is 15.1. The number of carbonyl (C=O) groups excluding carboxylic acids is 1. The molecule has 5 nitrogen and oxygen atoms in total. The van der Waals surface area contributed by atoms with E-state index in [1.165, 1.54) is 24.3 Å². The van der Waals surface area contributed by atoms with Gasteiger partial charge in [-0.05, 0) is 35.9 Å². The van der Waals surface area contributed by atoms with Gasteiger partial charge in [0.1, 0.15) is 0 Å². The number of amides is 1. The molecule has 1 aromatic heterocycles. The van der Waals surface area contributed by atoms with Gasteiger partial charge in [-0.1, -0.05) is 12.1 Å². The van der Waals surface area contributed by atoms with Crippen LogP contribution in [0.5, 0.6) is 0 Å². The van der Waals surface area contributed by atoms with Crippen molar-refractivity contribution in [1.82, 2.24) is 4.98 Å². The van der Waals surface area contributed by atoms with E-state index in [2.05, 4.69) is 10.3 Å². The zero-order valence-electron chi connectivity index (χ0n) is 14.4. The Morgan fingerprint density at radius 2 is 1.96 bits per heavy atom. The van der Waals surface area contributed by atoms with Gasteiger partial charge in [-0.15, -0.1) is 0 Å². The van der Waals surface area contributed by atoms with Crippen LogP contribution in [0.4, 0.5) is 24.7 Å². The molecule has 0 radical (unpaired) electrons. The zero-order chi connectivity index (χ0) is 19.3. The van der Waals surface area contributed by atoms with Crippen molar-refractivity contribution in [2.75, 3.05) is 36.5 Å². The summed E-state index contributed by atoms with van der Waals surface area (Å²) in [6.07, 6.45) is -0.241. The average molecular weight is 377 g/mol. The van der Waals surface area contributed by atoms with E-state index in [9.17, 15) is 18.0 Å². The van der Waals surface area contributed by atoms with E-state index < -0.39 is 17.6 Å². The number of aromatic nitrogens is 1. The summed E-state index contributed by atoms with van der Waals surface area (Å²) < 4.78 is 43.6. The second-order valence-electron chi connectivity index (χ2n) is 5.92. The Morgan fingerprint density at radius 1 is 1.19 bits per heavy atom. The van der Waals surface area contributed by atoms with E-state index in [4.69, 9.17) is 4.74 Å². The molecule has 2 heterocycles. The topological polar surface area (TPSA) is 54.5 Å². The molecule has 1 fully saturated rings. The van der Waals surface area contributed by atoms with Crippen LogP contribution >= 0.6 is 0 Å². The molecule has 8 heteroatoms. The second-order valence-corrected chi connectivity index (χ2v) is 5.92. The van der Waals surface area contributed by atoms with Crippen molar-refractivity contribution in [2.45, 2.75) is 6.18 Å². The largest absolute Gasteiger partial charge is 0.416 e. The SMILES string of the molecule is O=C(C=Cc1cccc(C(F)(F)F)c1)Nc1cccnc1N1CCOCC1. The third-order valence-corrected chi connectivity index (χ3v) is 4.00. The number of nitrogens with one attached hydrogen (secondary N) is 1. The molecule has 0 unspecified atom stereocenters. The molecular weight excluding hydrogens is 359 g/mol. The molecule has 1 saturated heterocycles. The Bertz CT molecular complexity index is 831. The number of ether oxygens (including phenoxy) is 1. The number of pyridine rings is 1. The highest BCUT2D eigenvalue weighted by Crippen LogP contribution is 2.29. The Morgan fingerprint density at radius 3 is 2.70 bits per heavy atom. The number of halogens is 3. The van der Waals surface area contributed by atoms with Crippen molar-refractivity contribution >= 4 is 23.5 Å². The molecule has 3 rings (SSSR count). The Labute approximate surface area is 154 Å². The quantitative estimate of drug-likeness (QED) is 0.828. The minimum Gasteiger partial charge on any atom is -0.378 e. The van der Waals surface area contributed by atoms with Crippen molar-refractivity contribution in [3.05, 3.63) is 59.8 Å². The lowest BCUT2D eigenvalue weighted by atomic mass is 10.1. The number of morpholine rings is 1. The minimum atomic E-state index is -4.42. The van der Waals surface area contributed by atoms with Gasteiger partial charge in [-0.25, -0.2) is 4.98 Å². The lowest BCUT2D eigenvalue weighted by Gasteiger charge is -2.29. The number of anilines is 2. The monoisotopic (exact) mass is 377 g/mol. The average Bonchev–Trinajstić information content (AvgIpc) is 2.67. The maximum absolute atomic E-state index is 12.8. The van der Waals surface area contributed by atoms with Gasteiger partial charge in [0.05, 0.1) is 24.5 Å². The first-order chi connectivity index (χ1) is 12.9. The maximum Gasteiger partial charge on any atom is 0.416 e. The summed E-state index contributed by atoms with van der Waals surface area (Å²) in [7, 11) is 0. The fourth-order valence-electron chi connectivity index (χ4n) is 2.69. The highest BCUT2D eigenvalue weighted by Gasteiger charge is 2.30. The molecule has 1 amide bonds. The first kappa shape index (κ1) is 18.9. The molecule has 0 aliphatic carbocycles.